The molecule has 0 aromatic heterocycles. The van der Waals surface area contributed by atoms with Crippen molar-refractivity contribution in [3.8, 4) is 11.1 Å². The lowest BCUT2D eigenvalue weighted by Crippen LogP contribution is -2.59. The fourth-order valence-electron chi connectivity index (χ4n) is 4.46. The number of aryl methyl sites for hydroxylation is 2. The van der Waals surface area contributed by atoms with E-state index in [-0.39, 0.29) is 30.2 Å². The van der Waals surface area contributed by atoms with E-state index < -0.39 is 6.04 Å². The van der Waals surface area contributed by atoms with Crippen LogP contribution >= 0.6 is 0 Å². The molecule has 2 aromatic carbocycles. The molecule has 0 bridgehead atoms. The molecule has 0 radical (unpaired) electrons. The number of hydrogen-bond acceptors (Lipinski definition) is 3. The molecule has 2 aliphatic heterocycles. The minimum absolute atomic E-state index is 0.0359. The molecule has 1 atom stereocenters. The molecule has 3 amide bonds. The van der Waals surface area contributed by atoms with Gasteiger partial charge in [-0.25, -0.2) is 0 Å². The number of carbonyl (C=O) groups excluding carboxylic acids is 3. The predicted octanol–water partition coefficient (Wildman–Crippen LogP) is 3.62. The monoisotopic (exact) mass is 419 g/mol. The molecule has 2 aromatic rings. The summed E-state index contributed by atoms with van der Waals surface area (Å²) in [7, 11) is 0. The molecule has 0 saturated carbocycles. The van der Waals surface area contributed by atoms with Crippen LogP contribution in [0.5, 0.6) is 0 Å². The van der Waals surface area contributed by atoms with Crippen LogP contribution in [-0.4, -0.2) is 53.2 Å². The van der Waals surface area contributed by atoms with E-state index in [0.29, 0.717) is 30.8 Å². The highest BCUT2D eigenvalue weighted by Gasteiger charge is 2.40. The summed E-state index contributed by atoms with van der Waals surface area (Å²) in [5, 5.41) is 2.92. The SMILES string of the molecule is Cc1ccc(-c2ccc3c(c2)C(=O)N2CCN(C(=O)CC(C)C)CC2C(=O)N3)c(C)c1. The van der Waals surface area contributed by atoms with E-state index in [1.807, 2.05) is 26.0 Å². The zero-order valence-corrected chi connectivity index (χ0v) is 18.6. The number of nitrogens with one attached hydrogen (secondary N) is 1. The van der Waals surface area contributed by atoms with Crippen molar-refractivity contribution in [2.45, 2.75) is 40.2 Å². The predicted molar refractivity (Wildman–Crippen MR) is 121 cm³/mol. The largest absolute Gasteiger partial charge is 0.338 e. The lowest BCUT2D eigenvalue weighted by atomic mass is 9.96. The van der Waals surface area contributed by atoms with Crippen molar-refractivity contribution in [3.63, 3.8) is 0 Å². The van der Waals surface area contributed by atoms with Crippen molar-refractivity contribution in [1.82, 2.24) is 9.80 Å². The van der Waals surface area contributed by atoms with E-state index in [9.17, 15) is 14.4 Å². The number of piperazine rings is 1. The van der Waals surface area contributed by atoms with Gasteiger partial charge in [0.15, 0.2) is 0 Å². The van der Waals surface area contributed by atoms with Crippen LogP contribution in [0, 0.1) is 19.8 Å². The van der Waals surface area contributed by atoms with Gasteiger partial charge in [0.05, 0.1) is 17.8 Å². The van der Waals surface area contributed by atoms with Crippen molar-refractivity contribution < 1.29 is 14.4 Å². The summed E-state index contributed by atoms with van der Waals surface area (Å²) >= 11 is 0. The Morgan fingerprint density at radius 1 is 1.06 bits per heavy atom. The molecule has 2 heterocycles. The van der Waals surface area contributed by atoms with Crippen LogP contribution in [0.1, 0.15) is 41.8 Å². The smallest absolute Gasteiger partial charge is 0.256 e. The van der Waals surface area contributed by atoms with Gasteiger partial charge in [-0.1, -0.05) is 43.7 Å². The average Bonchev–Trinajstić information content (AvgIpc) is 2.82. The molecule has 162 valence electrons. The van der Waals surface area contributed by atoms with E-state index in [1.54, 1.807) is 15.9 Å². The van der Waals surface area contributed by atoms with Gasteiger partial charge >= 0.3 is 0 Å². The molecule has 0 spiro atoms. The maximum Gasteiger partial charge on any atom is 0.256 e. The van der Waals surface area contributed by atoms with Crippen LogP contribution in [0.15, 0.2) is 36.4 Å². The Morgan fingerprint density at radius 3 is 2.55 bits per heavy atom. The Hall–Kier alpha value is -3.15. The molecule has 6 heteroatoms. The standard InChI is InChI=1S/C25H29N3O3/c1-15(2)11-23(29)27-9-10-28-22(14-27)24(30)26-21-8-6-18(13-20(21)25(28)31)19-7-5-16(3)12-17(19)4/h5-8,12-13,15,22H,9-11,14H2,1-4H3,(H,26,30). The van der Waals surface area contributed by atoms with Crippen LogP contribution in [0.4, 0.5) is 5.69 Å². The van der Waals surface area contributed by atoms with Crippen molar-refractivity contribution in [3.05, 3.63) is 53.1 Å². The minimum atomic E-state index is -0.672. The summed E-state index contributed by atoms with van der Waals surface area (Å²) in [6.45, 7) is 9.15. The maximum absolute atomic E-state index is 13.4. The van der Waals surface area contributed by atoms with Crippen LogP contribution < -0.4 is 5.32 Å². The average molecular weight is 420 g/mol. The number of fused-ring (bicyclic) bond motifs is 2. The second-order valence-corrected chi connectivity index (χ2v) is 9.02. The third-order valence-corrected chi connectivity index (χ3v) is 6.08. The van der Waals surface area contributed by atoms with Gasteiger partial charge in [0, 0.05) is 19.5 Å². The van der Waals surface area contributed by atoms with Crippen LogP contribution in [-0.2, 0) is 9.59 Å². The third-order valence-electron chi connectivity index (χ3n) is 6.08. The van der Waals surface area contributed by atoms with E-state index in [1.165, 1.54) is 5.56 Å². The van der Waals surface area contributed by atoms with Crippen molar-refractivity contribution >= 4 is 23.4 Å². The number of carbonyl (C=O) groups is 3. The molecule has 1 unspecified atom stereocenters. The highest BCUT2D eigenvalue weighted by molar-refractivity contribution is 6.10. The molecule has 1 fully saturated rings. The molecule has 1 saturated heterocycles. The number of anilines is 1. The van der Waals surface area contributed by atoms with Gasteiger partial charge in [0.1, 0.15) is 6.04 Å². The number of nitrogens with zero attached hydrogens (tertiary/aromatic N) is 2. The van der Waals surface area contributed by atoms with E-state index >= 15 is 0 Å². The summed E-state index contributed by atoms with van der Waals surface area (Å²) in [5.74, 6) is -0.119. The Kier molecular flexibility index (Phi) is 5.56. The lowest BCUT2D eigenvalue weighted by Gasteiger charge is -2.39. The molecular weight excluding hydrogens is 390 g/mol. The first-order chi connectivity index (χ1) is 14.7. The van der Waals surface area contributed by atoms with Crippen molar-refractivity contribution in [2.75, 3.05) is 25.0 Å². The topological polar surface area (TPSA) is 69.7 Å². The Bertz CT molecular complexity index is 1060. The molecular formula is C25H29N3O3. The summed E-state index contributed by atoms with van der Waals surface area (Å²) in [5.41, 5.74) is 5.36. The van der Waals surface area contributed by atoms with Gasteiger partial charge in [-0.2, -0.15) is 0 Å². The van der Waals surface area contributed by atoms with Gasteiger partial charge in [-0.3, -0.25) is 14.4 Å². The lowest BCUT2D eigenvalue weighted by molar-refractivity contribution is -0.136. The fraction of sp³-hybridized carbons (Fsp3) is 0.400. The first kappa shape index (κ1) is 21.1. The highest BCUT2D eigenvalue weighted by atomic mass is 16.2. The van der Waals surface area contributed by atoms with Crippen LogP contribution in [0.3, 0.4) is 0 Å². The number of rotatable bonds is 3. The highest BCUT2D eigenvalue weighted by Crippen LogP contribution is 2.32. The van der Waals surface area contributed by atoms with E-state index in [4.69, 9.17) is 0 Å². The van der Waals surface area contributed by atoms with E-state index in [2.05, 4.69) is 37.4 Å². The Balaban J connectivity index is 1.64. The first-order valence-electron chi connectivity index (χ1n) is 10.9. The van der Waals surface area contributed by atoms with E-state index in [0.717, 1.165) is 16.7 Å². The van der Waals surface area contributed by atoms with Crippen LogP contribution in [0.2, 0.25) is 0 Å². The van der Waals surface area contributed by atoms with Gasteiger partial charge in [0.2, 0.25) is 11.8 Å². The summed E-state index contributed by atoms with van der Waals surface area (Å²) < 4.78 is 0. The number of amides is 3. The fourth-order valence-corrected chi connectivity index (χ4v) is 4.46. The second-order valence-electron chi connectivity index (χ2n) is 9.02. The molecule has 6 nitrogen and oxygen atoms in total. The van der Waals surface area contributed by atoms with Gasteiger partial charge in [0.25, 0.3) is 5.91 Å². The van der Waals surface area contributed by atoms with Gasteiger partial charge in [-0.15, -0.1) is 0 Å². The first-order valence-corrected chi connectivity index (χ1v) is 10.9. The summed E-state index contributed by atoms with van der Waals surface area (Å²) in [6, 6.07) is 11.2. The summed E-state index contributed by atoms with van der Waals surface area (Å²) in [6.07, 6.45) is 0.446. The zero-order chi connectivity index (χ0) is 22.3. The molecule has 4 rings (SSSR count). The summed E-state index contributed by atoms with van der Waals surface area (Å²) in [4.78, 5) is 42.2. The number of hydrogen-bond donors (Lipinski definition) is 1. The van der Waals surface area contributed by atoms with Gasteiger partial charge < -0.3 is 15.1 Å². The van der Waals surface area contributed by atoms with Crippen molar-refractivity contribution in [1.29, 1.82) is 0 Å². The molecule has 2 aliphatic rings. The Labute approximate surface area is 183 Å². The number of benzene rings is 2. The molecule has 31 heavy (non-hydrogen) atoms. The van der Waals surface area contributed by atoms with Crippen LogP contribution in [0.25, 0.3) is 11.1 Å². The normalized spacial score (nSPS) is 18.4. The third kappa shape index (κ3) is 4.07. The van der Waals surface area contributed by atoms with Gasteiger partial charge in [-0.05, 0) is 48.6 Å². The maximum atomic E-state index is 13.4. The minimum Gasteiger partial charge on any atom is -0.338 e. The quantitative estimate of drug-likeness (QED) is 0.826. The second kappa shape index (κ2) is 8.17. The van der Waals surface area contributed by atoms with Crippen molar-refractivity contribution in [2.24, 2.45) is 5.92 Å². The Morgan fingerprint density at radius 2 is 1.84 bits per heavy atom. The molecule has 1 N–H and O–H groups in total. The zero-order valence-electron chi connectivity index (χ0n) is 18.6. The molecule has 0 aliphatic carbocycles.